The van der Waals surface area contributed by atoms with E-state index in [1.165, 1.54) is 11.8 Å². The number of rotatable bonds is 4. The second-order valence-electron chi connectivity index (χ2n) is 6.93. The number of nitrogens with zero attached hydrogens (tertiary/aromatic N) is 3. The third-order valence-corrected chi connectivity index (χ3v) is 5.04. The first kappa shape index (κ1) is 18.2. The number of benzene rings is 2. The van der Waals surface area contributed by atoms with Gasteiger partial charge < -0.3 is 14.3 Å². The largest absolute Gasteiger partial charge is 0.369 e. The first-order valence-corrected chi connectivity index (χ1v) is 9.19. The number of aromatic nitrogens is 1. The molecule has 3 aromatic rings. The van der Waals surface area contributed by atoms with Gasteiger partial charge in [-0.3, -0.25) is 10.0 Å². The Kier molecular flexibility index (Phi) is 5.10. The number of nitrogens with one attached hydrogen (secondary N) is 1. The molecule has 1 aliphatic heterocycles. The lowest BCUT2D eigenvalue weighted by molar-refractivity contribution is -0.124. The number of carbonyl (C=O) groups excluding carboxylic acids is 1. The molecule has 0 radical (unpaired) electrons. The number of hydroxylamine groups is 1. The lowest BCUT2D eigenvalue weighted by Crippen LogP contribution is -2.44. The van der Waals surface area contributed by atoms with Gasteiger partial charge in [0.2, 0.25) is 0 Å². The van der Waals surface area contributed by atoms with Gasteiger partial charge in [0.1, 0.15) is 5.52 Å². The van der Waals surface area contributed by atoms with E-state index in [9.17, 15) is 4.79 Å². The normalized spacial score (nSPS) is 15.4. The minimum atomic E-state index is -0.579. The van der Waals surface area contributed by atoms with Crippen LogP contribution in [0.15, 0.2) is 53.1 Å². The Morgan fingerprint density at radius 1 is 1.14 bits per heavy atom. The van der Waals surface area contributed by atoms with E-state index in [4.69, 9.17) is 9.73 Å². The molecule has 2 N–H and O–H groups in total. The van der Waals surface area contributed by atoms with Crippen LogP contribution < -0.4 is 10.4 Å². The van der Waals surface area contributed by atoms with E-state index in [0.29, 0.717) is 5.76 Å². The number of fused-ring (bicyclic) bond motifs is 1. The van der Waals surface area contributed by atoms with Gasteiger partial charge in [-0.15, -0.1) is 0 Å². The van der Waals surface area contributed by atoms with E-state index >= 15 is 0 Å². The standard InChI is InChI=1S/C21H22N4O3/c1-24-10-12-25(13-11-24)17-6-4-16(5-7-17)21-18-14-15(3-9-20(26)22-27)2-8-19(18)23-28-21/h2-9,14,27H,10-13H2,1H3,(H,22,26)/b9-3+. The minimum absolute atomic E-state index is 0.579. The Morgan fingerprint density at radius 2 is 1.89 bits per heavy atom. The fraction of sp³-hybridized carbons (Fsp3) is 0.238. The number of likely N-dealkylation sites (N-methyl/N-ethyl adjacent to an activating group) is 1. The number of piperazine rings is 1. The lowest BCUT2D eigenvalue weighted by atomic mass is 10.1. The van der Waals surface area contributed by atoms with Gasteiger partial charge >= 0.3 is 0 Å². The summed E-state index contributed by atoms with van der Waals surface area (Å²) in [6.45, 7) is 4.19. The zero-order chi connectivity index (χ0) is 19.5. The molecule has 2 aromatic carbocycles. The molecule has 7 nitrogen and oxygen atoms in total. The smallest absolute Gasteiger partial charge is 0.267 e. The van der Waals surface area contributed by atoms with Gasteiger partial charge in [-0.25, -0.2) is 5.48 Å². The first-order chi connectivity index (χ1) is 13.6. The highest BCUT2D eigenvalue weighted by molar-refractivity contribution is 5.95. The van der Waals surface area contributed by atoms with Gasteiger partial charge in [-0.1, -0.05) is 11.2 Å². The molecule has 28 heavy (non-hydrogen) atoms. The summed E-state index contributed by atoms with van der Waals surface area (Å²) in [5.41, 5.74) is 5.30. The Morgan fingerprint density at radius 3 is 2.61 bits per heavy atom. The van der Waals surface area contributed by atoms with Crippen LogP contribution in [0.4, 0.5) is 5.69 Å². The molecule has 1 fully saturated rings. The van der Waals surface area contributed by atoms with Crippen molar-refractivity contribution < 1.29 is 14.5 Å². The lowest BCUT2D eigenvalue weighted by Gasteiger charge is -2.34. The molecule has 0 spiro atoms. The maximum atomic E-state index is 11.2. The highest BCUT2D eigenvalue weighted by atomic mass is 16.5. The summed E-state index contributed by atoms with van der Waals surface area (Å²) in [4.78, 5) is 15.9. The van der Waals surface area contributed by atoms with Crippen molar-refractivity contribution in [2.45, 2.75) is 0 Å². The molecule has 0 unspecified atom stereocenters. The summed E-state index contributed by atoms with van der Waals surface area (Å²) in [5, 5.41) is 13.6. The van der Waals surface area contributed by atoms with Crippen molar-refractivity contribution in [2.75, 3.05) is 38.1 Å². The van der Waals surface area contributed by atoms with Crippen molar-refractivity contribution in [3.8, 4) is 11.3 Å². The third-order valence-electron chi connectivity index (χ3n) is 5.04. The summed E-state index contributed by atoms with van der Waals surface area (Å²) in [5.74, 6) is 0.118. The van der Waals surface area contributed by atoms with Gasteiger partial charge in [-0.2, -0.15) is 0 Å². The van der Waals surface area contributed by atoms with Crippen LogP contribution in [-0.2, 0) is 4.79 Å². The van der Waals surface area contributed by atoms with E-state index < -0.39 is 5.91 Å². The van der Waals surface area contributed by atoms with Gasteiger partial charge in [-0.05, 0) is 55.1 Å². The number of hydrogen-bond donors (Lipinski definition) is 2. The molecular weight excluding hydrogens is 356 g/mol. The molecule has 1 aromatic heterocycles. The maximum Gasteiger partial charge on any atom is 0.267 e. The van der Waals surface area contributed by atoms with Crippen LogP contribution >= 0.6 is 0 Å². The second-order valence-corrected chi connectivity index (χ2v) is 6.93. The summed E-state index contributed by atoms with van der Waals surface area (Å²) >= 11 is 0. The van der Waals surface area contributed by atoms with Crippen LogP contribution in [-0.4, -0.2) is 54.4 Å². The van der Waals surface area contributed by atoms with E-state index in [0.717, 1.165) is 48.2 Å². The van der Waals surface area contributed by atoms with Crippen molar-refractivity contribution in [1.29, 1.82) is 0 Å². The van der Waals surface area contributed by atoms with Crippen LogP contribution in [0.2, 0.25) is 0 Å². The van der Waals surface area contributed by atoms with Gasteiger partial charge in [0.15, 0.2) is 5.76 Å². The second kappa shape index (κ2) is 7.84. The molecule has 4 rings (SSSR count). The summed E-state index contributed by atoms with van der Waals surface area (Å²) < 4.78 is 5.59. The Balaban J connectivity index is 1.60. The van der Waals surface area contributed by atoms with Crippen LogP contribution in [0.5, 0.6) is 0 Å². The Bertz CT molecular complexity index is 1000. The first-order valence-electron chi connectivity index (χ1n) is 9.19. The predicted molar refractivity (Wildman–Crippen MR) is 108 cm³/mol. The predicted octanol–water partition coefficient (Wildman–Crippen LogP) is 2.77. The van der Waals surface area contributed by atoms with E-state index in [-0.39, 0.29) is 0 Å². The van der Waals surface area contributed by atoms with Crippen molar-refractivity contribution >= 4 is 28.6 Å². The monoisotopic (exact) mass is 378 g/mol. The van der Waals surface area contributed by atoms with Crippen LogP contribution in [0, 0.1) is 0 Å². The van der Waals surface area contributed by atoms with Crippen molar-refractivity contribution in [2.24, 2.45) is 0 Å². The van der Waals surface area contributed by atoms with Crippen molar-refractivity contribution in [3.63, 3.8) is 0 Å². The fourth-order valence-electron chi connectivity index (χ4n) is 3.37. The van der Waals surface area contributed by atoms with Crippen molar-refractivity contribution in [3.05, 3.63) is 54.1 Å². The zero-order valence-corrected chi connectivity index (χ0v) is 15.6. The fourth-order valence-corrected chi connectivity index (χ4v) is 3.37. The average Bonchev–Trinajstić information content (AvgIpc) is 3.16. The van der Waals surface area contributed by atoms with Gasteiger partial charge in [0.05, 0.1) is 5.39 Å². The molecule has 2 heterocycles. The van der Waals surface area contributed by atoms with Gasteiger partial charge in [0, 0.05) is 43.5 Å². The molecule has 144 valence electrons. The number of hydrogen-bond acceptors (Lipinski definition) is 6. The molecular formula is C21H22N4O3. The van der Waals surface area contributed by atoms with Gasteiger partial charge in [0.25, 0.3) is 5.91 Å². The summed E-state index contributed by atoms with van der Waals surface area (Å²) in [7, 11) is 2.15. The summed E-state index contributed by atoms with van der Waals surface area (Å²) in [6, 6.07) is 13.9. The quantitative estimate of drug-likeness (QED) is 0.413. The Hall–Kier alpha value is -3.16. The van der Waals surface area contributed by atoms with Crippen LogP contribution in [0.25, 0.3) is 28.3 Å². The maximum absolute atomic E-state index is 11.2. The van der Waals surface area contributed by atoms with E-state index in [2.05, 4.69) is 46.3 Å². The molecule has 0 bridgehead atoms. The third kappa shape index (κ3) is 3.76. The molecule has 7 heteroatoms. The zero-order valence-electron chi connectivity index (χ0n) is 15.6. The van der Waals surface area contributed by atoms with Crippen LogP contribution in [0.3, 0.4) is 0 Å². The molecule has 1 amide bonds. The van der Waals surface area contributed by atoms with E-state index in [1.807, 2.05) is 18.2 Å². The molecule has 0 aliphatic carbocycles. The number of amides is 1. The molecule has 0 saturated carbocycles. The Labute approximate surface area is 162 Å². The SMILES string of the molecule is CN1CCN(c2ccc(-c3onc4ccc(/C=C/C(=O)NO)cc34)cc2)CC1. The topological polar surface area (TPSA) is 81.8 Å². The minimum Gasteiger partial charge on any atom is -0.369 e. The number of anilines is 1. The van der Waals surface area contributed by atoms with E-state index in [1.54, 1.807) is 11.6 Å². The average molecular weight is 378 g/mol. The van der Waals surface area contributed by atoms with Crippen molar-refractivity contribution in [1.82, 2.24) is 15.5 Å². The number of carbonyl (C=O) groups is 1. The highest BCUT2D eigenvalue weighted by Crippen LogP contribution is 2.31. The summed E-state index contributed by atoms with van der Waals surface area (Å²) in [6.07, 6.45) is 2.89. The molecule has 1 saturated heterocycles. The highest BCUT2D eigenvalue weighted by Gasteiger charge is 2.15. The molecule has 0 atom stereocenters. The van der Waals surface area contributed by atoms with Crippen LogP contribution in [0.1, 0.15) is 5.56 Å². The molecule has 1 aliphatic rings.